The Morgan fingerprint density at radius 2 is 1.84 bits per heavy atom. The summed E-state index contributed by atoms with van der Waals surface area (Å²) < 4.78 is 11.2. The highest BCUT2D eigenvalue weighted by Gasteiger charge is 2.12. The minimum absolute atomic E-state index is 0. The van der Waals surface area contributed by atoms with Crippen molar-refractivity contribution >= 4 is 41.3 Å². The van der Waals surface area contributed by atoms with Gasteiger partial charge in [-0.3, -0.25) is 4.99 Å². The molecule has 0 radical (unpaired) electrons. The summed E-state index contributed by atoms with van der Waals surface area (Å²) in [5.41, 5.74) is 3.32. The topological polar surface area (TPSA) is 59.0 Å². The number of hydrogen-bond donors (Lipinski definition) is 1. The van der Waals surface area contributed by atoms with Crippen molar-refractivity contribution in [2.45, 2.75) is 32.7 Å². The van der Waals surface area contributed by atoms with Crippen molar-refractivity contribution in [3.8, 4) is 5.75 Å². The number of rotatable bonds is 9. The van der Waals surface area contributed by atoms with Crippen molar-refractivity contribution in [1.29, 1.82) is 0 Å². The number of guanidine groups is 1. The highest BCUT2D eigenvalue weighted by molar-refractivity contribution is 14.0. The molecule has 6 nitrogen and oxygen atoms in total. The molecule has 0 spiro atoms. The van der Waals surface area contributed by atoms with Gasteiger partial charge in [-0.25, -0.2) is 4.98 Å². The molecule has 0 aliphatic heterocycles. The minimum atomic E-state index is 0. The highest BCUT2D eigenvalue weighted by atomic mass is 127. The molecule has 0 amide bonds. The van der Waals surface area contributed by atoms with Crippen LogP contribution in [0.1, 0.15) is 34.9 Å². The second kappa shape index (κ2) is 13.4. The first-order valence-corrected chi connectivity index (χ1v) is 11.1. The summed E-state index contributed by atoms with van der Waals surface area (Å²) in [7, 11) is 5.50. The zero-order chi connectivity index (χ0) is 22.1. The van der Waals surface area contributed by atoms with Crippen molar-refractivity contribution in [3.63, 3.8) is 0 Å². The largest absolute Gasteiger partial charge is 0.489 e. The number of hydrogen-bond acceptors (Lipinski definition) is 5. The van der Waals surface area contributed by atoms with Gasteiger partial charge in [0.2, 0.25) is 0 Å². The van der Waals surface area contributed by atoms with E-state index in [0.717, 1.165) is 33.5 Å². The van der Waals surface area contributed by atoms with Crippen LogP contribution in [0.2, 0.25) is 0 Å². The lowest BCUT2D eigenvalue weighted by atomic mass is 10.2. The van der Waals surface area contributed by atoms with E-state index in [1.54, 1.807) is 25.5 Å². The van der Waals surface area contributed by atoms with E-state index in [-0.39, 0.29) is 30.1 Å². The average Bonchev–Trinajstić information content (AvgIpc) is 3.27. The van der Waals surface area contributed by atoms with Crippen molar-refractivity contribution in [1.82, 2.24) is 15.2 Å². The molecular weight excluding hydrogens is 535 g/mol. The lowest BCUT2D eigenvalue weighted by Crippen LogP contribution is -2.38. The third kappa shape index (κ3) is 7.75. The molecule has 1 heterocycles. The van der Waals surface area contributed by atoms with Gasteiger partial charge >= 0.3 is 0 Å². The van der Waals surface area contributed by atoms with Gasteiger partial charge in [0.25, 0.3) is 0 Å². The summed E-state index contributed by atoms with van der Waals surface area (Å²) >= 11 is 1.62. The number of aromatic nitrogens is 1. The van der Waals surface area contributed by atoms with Gasteiger partial charge in [0.05, 0.1) is 12.2 Å². The predicted octanol–water partition coefficient (Wildman–Crippen LogP) is 5.25. The number of ether oxygens (including phenoxy) is 2. The fraction of sp³-hybridized carbons (Fsp3) is 0.333. The molecule has 1 atom stereocenters. The van der Waals surface area contributed by atoms with Crippen LogP contribution in [0.3, 0.4) is 0 Å². The van der Waals surface area contributed by atoms with Crippen LogP contribution in [-0.4, -0.2) is 37.0 Å². The third-order valence-electron chi connectivity index (χ3n) is 4.87. The van der Waals surface area contributed by atoms with E-state index in [1.807, 2.05) is 44.3 Å². The average molecular weight is 567 g/mol. The molecule has 0 saturated heterocycles. The molecule has 0 saturated carbocycles. The van der Waals surface area contributed by atoms with Crippen LogP contribution < -0.4 is 10.1 Å². The molecular formula is C24H31IN4O2S. The van der Waals surface area contributed by atoms with Gasteiger partial charge in [-0.2, -0.15) is 0 Å². The first-order chi connectivity index (χ1) is 15.1. The van der Waals surface area contributed by atoms with Gasteiger partial charge in [0, 0.05) is 33.1 Å². The summed E-state index contributed by atoms with van der Waals surface area (Å²) in [4.78, 5) is 11.1. The van der Waals surface area contributed by atoms with E-state index >= 15 is 0 Å². The van der Waals surface area contributed by atoms with Crippen molar-refractivity contribution in [3.05, 3.63) is 81.8 Å². The summed E-state index contributed by atoms with van der Waals surface area (Å²) in [6.07, 6.45) is 0.0149. The number of nitrogens with one attached hydrogen (secondary N) is 1. The lowest BCUT2D eigenvalue weighted by Gasteiger charge is -2.21. The van der Waals surface area contributed by atoms with Gasteiger partial charge < -0.3 is 19.7 Å². The molecule has 1 unspecified atom stereocenters. The first-order valence-electron chi connectivity index (χ1n) is 10.2. The van der Waals surface area contributed by atoms with E-state index in [0.29, 0.717) is 19.7 Å². The van der Waals surface area contributed by atoms with Crippen molar-refractivity contribution < 1.29 is 9.47 Å². The Kier molecular flexibility index (Phi) is 10.9. The first kappa shape index (κ1) is 26.1. The summed E-state index contributed by atoms with van der Waals surface area (Å²) in [6, 6.07) is 18.3. The highest BCUT2D eigenvalue weighted by Crippen LogP contribution is 2.21. The van der Waals surface area contributed by atoms with E-state index in [1.165, 1.54) is 0 Å². The zero-order valence-corrected chi connectivity index (χ0v) is 22.1. The lowest BCUT2D eigenvalue weighted by molar-refractivity contribution is 0.119. The predicted molar refractivity (Wildman–Crippen MR) is 142 cm³/mol. The minimum Gasteiger partial charge on any atom is -0.489 e. The fourth-order valence-corrected chi connectivity index (χ4v) is 3.85. The van der Waals surface area contributed by atoms with Gasteiger partial charge in [-0.15, -0.1) is 35.3 Å². The molecule has 32 heavy (non-hydrogen) atoms. The van der Waals surface area contributed by atoms with Gasteiger partial charge in [0.1, 0.15) is 23.5 Å². The second-order valence-corrected chi connectivity index (χ2v) is 8.12. The van der Waals surface area contributed by atoms with Gasteiger partial charge in [0.15, 0.2) is 5.96 Å². The van der Waals surface area contributed by atoms with Crippen LogP contribution in [-0.2, 0) is 24.4 Å². The third-order valence-corrected chi connectivity index (χ3v) is 5.92. The zero-order valence-electron chi connectivity index (χ0n) is 18.9. The van der Waals surface area contributed by atoms with Crippen LogP contribution >= 0.6 is 35.3 Å². The number of halogens is 1. The van der Waals surface area contributed by atoms with Crippen molar-refractivity contribution in [2.24, 2.45) is 4.99 Å². The second-order valence-electron chi connectivity index (χ2n) is 7.23. The van der Waals surface area contributed by atoms with E-state index in [4.69, 9.17) is 9.47 Å². The molecule has 172 valence electrons. The van der Waals surface area contributed by atoms with E-state index < -0.39 is 0 Å². The number of nitrogens with zero attached hydrogens (tertiary/aromatic N) is 3. The van der Waals surface area contributed by atoms with E-state index in [9.17, 15) is 0 Å². The Labute approximate surface area is 211 Å². The number of methoxy groups -OCH3 is 1. The van der Waals surface area contributed by atoms with E-state index in [2.05, 4.69) is 49.8 Å². The van der Waals surface area contributed by atoms with Crippen LogP contribution in [0.15, 0.2) is 65.0 Å². The molecule has 0 fully saturated rings. The fourth-order valence-electron chi connectivity index (χ4n) is 3.01. The van der Waals surface area contributed by atoms with Crippen LogP contribution in [0.4, 0.5) is 0 Å². The molecule has 1 aromatic heterocycles. The quantitative estimate of drug-likeness (QED) is 0.218. The van der Waals surface area contributed by atoms with Gasteiger partial charge in [-0.05, 0) is 30.2 Å². The smallest absolute Gasteiger partial charge is 0.194 e. The Bertz CT molecular complexity index is 964. The molecule has 0 aliphatic rings. The Hall–Kier alpha value is -2.17. The Morgan fingerprint density at radius 1 is 1.12 bits per heavy atom. The molecule has 3 aromatic rings. The summed E-state index contributed by atoms with van der Waals surface area (Å²) in [5, 5.41) is 6.47. The number of thiazole rings is 1. The standard InChI is InChI=1S/C24H30N4O2S.HI/c1-18(29-4)23-27-21(17-31-23)15-28(3)24(25-2)26-14-19-10-12-22(13-11-19)30-16-20-8-6-5-7-9-20;/h5-13,17-18H,14-16H2,1-4H3,(H,25,26);1H. The van der Waals surface area contributed by atoms with Gasteiger partial charge in [-0.1, -0.05) is 42.5 Å². The molecule has 0 bridgehead atoms. The normalized spacial score (nSPS) is 12.1. The number of aliphatic imine (C=N–C) groups is 1. The van der Waals surface area contributed by atoms with Crippen LogP contribution in [0.25, 0.3) is 0 Å². The maximum Gasteiger partial charge on any atom is 0.194 e. The maximum atomic E-state index is 5.86. The Morgan fingerprint density at radius 3 is 2.50 bits per heavy atom. The SMILES string of the molecule is CN=C(NCc1ccc(OCc2ccccc2)cc1)N(C)Cc1csc(C(C)OC)n1.I. The molecule has 1 N–H and O–H groups in total. The molecule has 3 rings (SSSR count). The maximum absolute atomic E-state index is 5.86. The summed E-state index contributed by atoms with van der Waals surface area (Å²) in [6.45, 7) is 3.93. The van der Waals surface area contributed by atoms with Crippen LogP contribution in [0, 0.1) is 0 Å². The Balaban J connectivity index is 0.00000363. The summed E-state index contributed by atoms with van der Waals surface area (Å²) in [5.74, 6) is 1.68. The molecule has 2 aromatic carbocycles. The monoisotopic (exact) mass is 566 g/mol. The molecule has 8 heteroatoms. The van der Waals surface area contributed by atoms with Crippen LogP contribution in [0.5, 0.6) is 5.75 Å². The van der Waals surface area contributed by atoms with Crippen molar-refractivity contribution in [2.75, 3.05) is 21.2 Å². The number of benzene rings is 2. The molecule has 0 aliphatic carbocycles.